The Morgan fingerprint density at radius 2 is 1.90 bits per heavy atom. The molecule has 1 aliphatic rings. The van der Waals surface area contributed by atoms with Gasteiger partial charge in [0, 0.05) is 26.7 Å². The van der Waals surface area contributed by atoms with Crippen LogP contribution in [0.4, 0.5) is 0 Å². The zero-order valence-electron chi connectivity index (χ0n) is 14.0. The van der Waals surface area contributed by atoms with Gasteiger partial charge in [-0.05, 0) is 19.3 Å². The second-order valence-corrected chi connectivity index (χ2v) is 6.07. The van der Waals surface area contributed by atoms with Gasteiger partial charge in [0.1, 0.15) is 6.54 Å². The lowest BCUT2D eigenvalue weighted by molar-refractivity contribution is -0.127. The molecule has 0 saturated heterocycles. The number of guanidine groups is 1. The van der Waals surface area contributed by atoms with Crippen molar-refractivity contribution in [1.29, 1.82) is 0 Å². The van der Waals surface area contributed by atoms with Crippen LogP contribution < -0.4 is 10.6 Å². The number of carbonyl (C=O) groups is 1. The number of nitrogens with zero attached hydrogens (tertiary/aromatic N) is 2. The highest BCUT2D eigenvalue weighted by Crippen LogP contribution is 2.17. The Morgan fingerprint density at radius 1 is 1.19 bits per heavy atom. The van der Waals surface area contributed by atoms with Crippen LogP contribution >= 0.6 is 0 Å². The zero-order valence-corrected chi connectivity index (χ0v) is 14.0. The Balaban J connectivity index is 2.40. The molecule has 0 unspecified atom stereocenters. The third-order valence-electron chi connectivity index (χ3n) is 3.89. The van der Waals surface area contributed by atoms with Gasteiger partial charge in [0.05, 0.1) is 0 Å². The monoisotopic (exact) mass is 296 g/mol. The Labute approximate surface area is 129 Å². The van der Waals surface area contributed by atoms with Gasteiger partial charge in [-0.25, -0.2) is 4.99 Å². The highest BCUT2D eigenvalue weighted by Gasteiger charge is 2.16. The maximum absolute atomic E-state index is 11.7. The Bertz CT molecular complexity index is 322. The standard InChI is InChI=1S/C16H32N4O/c1-4-5-6-9-12-17-16(18-13-15(21)20(2)3)19-14-10-7-8-11-14/h14H,4-13H2,1-3H3,(H2,17,18,19). The molecule has 1 amide bonds. The molecular formula is C16H32N4O. The van der Waals surface area contributed by atoms with Gasteiger partial charge in [-0.3, -0.25) is 4.79 Å². The number of hydrogen-bond donors (Lipinski definition) is 2. The average Bonchev–Trinajstić information content (AvgIpc) is 2.96. The van der Waals surface area contributed by atoms with Crippen LogP contribution in [0.15, 0.2) is 4.99 Å². The van der Waals surface area contributed by atoms with Crippen molar-refractivity contribution in [2.75, 3.05) is 27.2 Å². The Hall–Kier alpha value is -1.26. The van der Waals surface area contributed by atoms with E-state index in [9.17, 15) is 4.79 Å². The van der Waals surface area contributed by atoms with E-state index < -0.39 is 0 Å². The van der Waals surface area contributed by atoms with Gasteiger partial charge in [-0.15, -0.1) is 0 Å². The molecule has 1 aliphatic carbocycles. The van der Waals surface area contributed by atoms with Crippen molar-refractivity contribution in [1.82, 2.24) is 15.5 Å². The first-order chi connectivity index (χ1) is 10.1. The van der Waals surface area contributed by atoms with Crippen LogP contribution in [0.2, 0.25) is 0 Å². The average molecular weight is 296 g/mol. The van der Waals surface area contributed by atoms with Gasteiger partial charge in [0.15, 0.2) is 5.96 Å². The molecule has 1 rings (SSSR count). The highest BCUT2D eigenvalue weighted by molar-refractivity contribution is 5.84. The van der Waals surface area contributed by atoms with E-state index in [-0.39, 0.29) is 12.5 Å². The molecule has 0 aromatic rings. The van der Waals surface area contributed by atoms with E-state index >= 15 is 0 Å². The summed E-state index contributed by atoms with van der Waals surface area (Å²) in [5, 5.41) is 6.84. The van der Waals surface area contributed by atoms with Gasteiger partial charge in [0.2, 0.25) is 5.91 Å². The summed E-state index contributed by atoms with van der Waals surface area (Å²) in [6, 6.07) is 0.515. The quantitative estimate of drug-likeness (QED) is 0.410. The molecule has 122 valence electrons. The van der Waals surface area contributed by atoms with Crippen LogP contribution in [0, 0.1) is 0 Å². The maximum atomic E-state index is 11.7. The minimum atomic E-state index is 0.0357. The molecule has 5 heteroatoms. The van der Waals surface area contributed by atoms with E-state index in [1.165, 1.54) is 44.9 Å². The minimum absolute atomic E-state index is 0.0357. The van der Waals surface area contributed by atoms with Crippen molar-refractivity contribution >= 4 is 11.9 Å². The second-order valence-electron chi connectivity index (χ2n) is 6.07. The topological polar surface area (TPSA) is 56.7 Å². The van der Waals surface area contributed by atoms with Crippen molar-refractivity contribution in [3.63, 3.8) is 0 Å². The Kier molecular flexibility index (Phi) is 8.87. The van der Waals surface area contributed by atoms with Crippen molar-refractivity contribution in [3.05, 3.63) is 0 Å². The number of hydrogen-bond acceptors (Lipinski definition) is 2. The number of amides is 1. The first-order valence-electron chi connectivity index (χ1n) is 8.38. The summed E-state index contributed by atoms with van der Waals surface area (Å²) in [5.74, 6) is 0.835. The molecule has 0 radical (unpaired) electrons. The molecule has 0 heterocycles. The number of likely N-dealkylation sites (N-methyl/N-ethyl adjacent to an activating group) is 1. The van der Waals surface area contributed by atoms with Crippen LogP contribution in [-0.2, 0) is 4.79 Å². The van der Waals surface area contributed by atoms with Crippen molar-refractivity contribution in [2.24, 2.45) is 4.99 Å². The molecule has 0 aromatic heterocycles. The van der Waals surface area contributed by atoms with Crippen molar-refractivity contribution in [3.8, 4) is 0 Å². The van der Waals surface area contributed by atoms with Crippen LogP contribution in [-0.4, -0.2) is 50.0 Å². The van der Waals surface area contributed by atoms with Gasteiger partial charge >= 0.3 is 0 Å². The molecule has 0 aromatic carbocycles. The molecule has 1 fully saturated rings. The van der Waals surface area contributed by atoms with E-state index in [4.69, 9.17) is 0 Å². The molecule has 2 N–H and O–H groups in total. The summed E-state index contributed by atoms with van der Waals surface area (Å²) in [5.41, 5.74) is 0. The lowest BCUT2D eigenvalue weighted by Crippen LogP contribution is -2.43. The van der Waals surface area contributed by atoms with Gasteiger partial charge in [0.25, 0.3) is 0 Å². The molecule has 21 heavy (non-hydrogen) atoms. The van der Waals surface area contributed by atoms with Crippen LogP contribution in [0.1, 0.15) is 58.3 Å². The minimum Gasteiger partial charge on any atom is -0.356 e. The van der Waals surface area contributed by atoms with Crippen LogP contribution in [0.3, 0.4) is 0 Å². The predicted molar refractivity (Wildman–Crippen MR) is 88.5 cm³/mol. The summed E-state index contributed by atoms with van der Waals surface area (Å²) in [6.07, 6.45) is 9.92. The van der Waals surface area contributed by atoms with E-state index in [0.29, 0.717) is 6.04 Å². The summed E-state index contributed by atoms with van der Waals surface area (Å²) in [6.45, 7) is 3.35. The lowest BCUT2D eigenvalue weighted by atomic mass is 10.2. The highest BCUT2D eigenvalue weighted by atomic mass is 16.2. The summed E-state index contributed by atoms with van der Waals surface area (Å²) in [4.78, 5) is 17.7. The fourth-order valence-electron chi connectivity index (χ4n) is 2.46. The predicted octanol–water partition coefficient (Wildman–Crippen LogP) is 2.13. The van der Waals surface area contributed by atoms with Gasteiger partial charge in [-0.1, -0.05) is 39.0 Å². The summed E-state index contributed by atoms with van der Waals surface area (Å²) >= 11 is 0. The molecule has 0 aliphatic heterocycles. The molecule has 1 saturated carbocycles. The third-order valence-corrected chi connectivity index (χ3v) is 3.89. The van der Waals surface area contributed by atoms with E-state index in [0.717, 1.165) is 18.9 Å². The van der Waals surface area contributed by atoms with E-state index in [1.807, 2.05) is 0 Å². The SMILES string of the molecule is CCCCCCNC(=NCC(=O)N(C)C)NC1CCCC1. The number of aliphatic imine (C=N–C) groups is 1. The Morgan fingerprint density at radius 3 is 2.52 bits per heavy atom. The van der Waals surface area contributed by atoms with Crippen LogP contribution in [0.25, 0.3) is 0 Å². The molecule has 5 nitrogen and oxygen atoms in total. The van der Waals surface area contributed by atoms with Gasteiger partial charge in [-0.2, -0.15) is 0 Å². The fraction of sp³-hybridized carbons (Fsp3) is 0.875. The normalized spacial score (nSPS) is 16.0. The summed E-state index contributed by atoms with van der Waals surface area (Å²) < 4.78 is 0. The number of rotatable bonds is 8. The largest absolute Gasteiger partial charge is 0.356 e. The zero-order chi connectivity index (χ0) is 15.5. The number of unbranched alkanes of at least 4 members (excludes halogenated alkanes) is 3. The first-order valence-corrected chi connectivity index (χ1v) is 8.38. The molecule has 0 spiro atoms. The van der Waals surface area contributed by atoms with E-state index in [1.54, 1.807) is 19.0 Å². The first kappa shape index (κ1) is 17.8. The second kappa shape index (κ2) is 10.5. The molecular weight excluding hydrogens is 264 g/mol. The van der Waals surface area contributed by atoms with Crippen molar-refractivity contribution in [2.45, 2.75) is 64.3 Å². The molecule has 0 atom stereocenters. The van der Waals surface area contributed by atoms with Crippen LogP contribution in [0.5, 0.6) is 0 Å². The van der Waals surface area contributed by atoms with E-state index in [2.05, 4.69) is 22.5 Å². The fourth-order valence-corrected chi connectivity index (χ4v) is 2.46. The number of carbonyl (C=O) groups excluding carboxylic acids is 1. The van der Waals surface area contributed by atoms with Crippen molar-refractivity contribution < 1.29 is 4.79 Å². The number of nitrogens with one attached hydrogen (secondary N) is 2. The smallest absolute Gasteiger partial charge is 0.243 e. The lowest BCUT2D eigenvalue weighted by Gasteiger charge is -2.18. The molecule has 0 bridgehead atoms. The third kappa shape index (κ3) is 7.93. The summed E-state index contributed by atoms with van der Waals surface area (Å²) in [7, 11) is 3.53. The maximum Gasteiger partial charge on any atom is 0.243 e. The van der Waals surface area contributed by atoms with Gasteiger partial charge < -0.3 is 15.5 Å².